The molecule has 0 bridgehead atoms. The lowest BCUT2D eigenvalue weighted by atomic mass is 9.89. The van der Waals surface area contributed by atoms with Gasteiger partial charge >= 0.3 is 5.97 Å². The maximum Gasteiger partial charge on any atom is 0.339 e. The SMILES string of the molecule is COc1ccc(-c2c3c(c(OC4OC(CO)C(O)C(O)C4O)c4cc5c(cc24)OCO5)COC3=O)cc1OC. The Balaban J connectivity index is 1.58. The molecule has 12 nitrogen and oxygen atoms in total. The van der Waals surface area contributed by atoms with Gasteiger partial charge in [0, 0.05) is 16.5 Å². The summed E-state index contributed by atoms with van der Waals surface area (Å²) in [6.07, 6.45) is -7.53. The highest BCUT2D eigenvalue weighted by atomic mass is 16.7. The summed E-state index contributed by atoms with van der Waals surface area (Å²) >= 11 is 0. The molecule has 1 saturated heterocycles. The molecule has 39 heavy (non-hydrogen) atoms. The van der Waals surface area contributed by atoms with Crippen LogP contribution in [0.4, 0.5) is 0 Å². The Labute approximate surface area is 221 Å². The summed E-state index contributed by atoms with van der Waals surface area (Å²) in [7, 11) is 3.03. The number of ether oxygens (including phenoxy) is 7. The Kier molecular flexibility index (Phi) is 6.36. The number of hydrogen-bond donors (Lipinski definition) is 4. The average Bonchev–Trinajstić information content (AvgIpc) is 3.57. The van der Waals surface area contributed by atoms with Crippen LogP contribution >= 0.6 is 0 Å². The van der Waals surface area contributed by atoms with Crippen molar-refractivity contribution in [1.29, 1.82) is 0 Å². The summed E-state index contributed by atoms with van der Waals surface area (Å²) in [5, 5.41) is 41.8. The summed E-state index contributed by atoms with van der Waals surface area (Å²) in [5.41, 5.74) is 1.77. The van der Waals surface area contributed by atoms with E-state index in [9.17, 15) is 25.2 Å². The Morgan fingerprint density at radius 3 is 2.28 bits per heavy atom. The maximum atomic E-state index is 13.1. The molecular formula is C27H26O12. The summed E-state index contributed by atoms with van der Waals surface area (Å²) < 4.78 is 39.2. The van der Waals surface area contributed by atoms with Crippen LogP contribution in [0, 0.1) is 0 Å². The Morgan fingerprint density at radius 1 is 0.872 bits per heavy atom. The van der Waals surface area contributed by atoms with Crippen LogP contribution in [-0.4, -0.2) is 84.7 Å². The fourth-order valence-electron chi connectivity index (χ4n) is 5.18. The molecule has 3 aromatic rings. The molecule has 0 spiro atoms. The third-order valence-electron chi connectivity index (χ3n) is 7.16. The molecule has 3 aliphatic heterocycles. The van der Waals surface area contributed by atoms with Gasteiger partial charge in [0.25, 0.3) is 0 Å². The Bertz CT molecular complexity index is 1450. The van der Waals surface area contributed by atoms with Crippen LogP contribution < -0.4 is 23.7 Å². The van der Waals surface area contributed by atoms with E-state index in [1.807, 2.05) is 0 Å². The predicted molar refractivity (Wildman–Crippen MR) is 132 cm³/mol. The van der Waals surface area contributed by atoms with E-state index >= 15 is 0 Å². The van der Waals surface area contributed by atoms with E-state index < -0.39 is 43.3 Å². The van der Waals surface area contributed by atoms with Crippen molar-refractivity contribution < 1.29 is 58.4 Å². The van der Waals surface area contributed by atoms with Gasteiger partial charge in [0.2, 0.25) is 13.1 Å². The van der Waals surface area contributed by atoms with Gasteiger partial charge in [-0.25, -0.2) is 4.79 Å². The largest absolute Gasteiger partial charge is 0.493 e. The highest BCUT2D eigenvalue weighted by Crippen LogP contribution is 2.50. The molecule has 0 aromatic heterocycles. The molecule has 5 unspecified atom stereocenters. The molecule has 206 valence electrons. The van der Waals surface area contributed by atoms with Crippen molar-refractivity contribution in [3.05, 3.63) is 41.5 Å². The van der Waals surface area contributed by atoms with Gasteiger partial charge in [-0.15, -0.1) is 0 Å². The van der Waals surface area contributed by atoms with E-state index in [-0.39, 0.29) is 24.7 Å². The number of esters is 1. The minimum Gasteiger partial charge on any atom is -0.493 e. The average molecular weight is 542 g/mol. The maximum absolute atomic E-state index is 13.1. The van der Waals surface area contributed by atoms with Gasteiger partial charge in [-0.3, -0.25) is 0 Å². The Hall–Kier alpha value is -3.81. The minimum absolute atomic E-state index is 0.00199. The summed E-state index contributed by atoms with van der Waals surface area (Å²) in [6, 6.07) is 8.64. The van der Waals surface area contributed by atoms with Crippen molar-refractivity contribution in [2.45, 2.75) is 37.3 Å². The number of benzene rings is 3. The molecule has 0 saturated carbocycles. The van der Waals surface area contributed by atoms with Gasteiger partial charge in [0.05, 0.1) is 26.4 Å². The van der Waals surface area contributed by atoms with E-state index in [1.54, 1.807) is 30.3 Å². The molecule has 5 atom stereocenters. The number of methoxy groups -OCH3 is 2. The first-order valence-electron chi connectivity index (χ1n) is 12.1. The van der Waals surface area contributed by atoms with Crippen LogP contribution in [0.1, 0.15) is 15.9 Å². The van der Waals surface area contributed by atoms with Crippen molar-refractivity contribution >= 4 is 16.7 Å². The Morgan fingerprint density at radius 2 is 1.59 bits per heavy atom. The fourth-order valence-corrected chi connectivity index (χ4v) is 5.18. The summed E-state index contributed by atoms with van der Waals surface area (Å²) in [5.74, 6) is 1.40. The van der Waals surface area contributed by atoms with Gasteiger partial charge < -0.3 is 53.6 Å². The second-order valence-corrected chi connectivity index (χ2v) is 9.27. The topological polar surface area (TPSA) is 163 Å². The quantitative estimate of drug-likeness (QED) is 0.329. The van der Waals surface area contributed by atoms with E-state index in [0.29, 0.717) is 50.5 Å². The molecule has 3 aromatic carbocycles. The first-order chi connectivity index (χ1) is 18.9. The van der Waals surface area contributed by atoms with E-state index in [1.165, 1.54) is 14.2 Å². The van der Waals surface area contributed by atoms with Gasteiger partial charge in [-0.2, -0.15) is 0 Å². The first-order valence-corrected chi connectivity index (χ1v) is 12.1. The van der Waals surface area contributed by atoms with Gasteiger partial charge in [-0.1, -0.05) is 6.07 Å². The normalized spacial score (nSPS) is 25.4. The van der Waals surface area contributed by atoms with Crippen LogP contribution in [0.25, 0.3) is 21.9 Å². The molecule has 3 aliphatic rings. The molecule has 6 rings (SSSR count). The zero-order chi connectivity index (χ0) is 27.4. The van der Waals surface area contributed by atoms with E-state index in [0.717, 1.165) is 0 Å². The highest BCUT2D eigenvalue weighted by Gasteiger charge is 2.46. The van der Waals surface area contributed by atoms with Crippen molar-refractivity contribution in [3.8, 4) is 39.9 Å². The monoisotopic (exact) mass is 542 g/mol. The van der Waals surface area contributed by atoms with Crippen LogP contribution in [-0.2, 0) is 16.1 Å². The van der Waals surface area contributed by atoms with E-state index in [2.05, 4.69) is 0 Å². The molecule has 12 heteroatoms. The number of rotatable bonds is 6. The predicted octanol–water partition coefficient (Wildman–Crippen LogP) is 1.10. The van der Waals surface area contributed by atoms with Gasteiger partial charge in [-0.05, 0) is 35.2 Å². The smallest absolute Gasteiger partial charge is 0.339 e. The zero-order valence-electron chi connectivity index (χ0n) is 20.9. The van der Waals surface area contributed by atoms with Crippen LogP contribution in [0.3, 0.4) is 0 Å². The number of cyclic esters (lactones) is 1. The lowest BCUT2D eigenvalue weighted by Crippen LogP contribution is -2.60. The second-order valence-electron chi connectivity index (χ2n) is 9.27. The van der Waals surface area contributed by atoms with Crippen molar-refractivity contribution in [2.24, 2.45) is 0 Å². The molecule has 0 amide bonds. The van der Waals surface area contributed by atoms with Gasteiger partial charge in [0.1, 0.15) is 36.8 Å². The molecule has 3 heterocycles. The second kappa shape index (κ2) is 9.74. The minimum atomic E-state index is -1.66. The molecule has 4 N–H and O–H groups in total. The number of carbonyl (C=O) groups is 1. The van der Waals surface area contributed by atoms with Crippen LogP contribution in [0.2, 0.25) is 0 Å². The van der Waals surface area contributed by atoms with Crippen molar-refractivity contribution in [1.82, 2.24) is 0 Å². The number of carbonyl (C=O) groups excluding carboxylic acids is 1. The first kappa shape index (κ1) is 25.5. The van der Waals surface area contributed by atoms with Gasteiger partial charge in [0.15, 0.2) is 23.0 Å². The number of fused-ring (bicyclic) bond motifs is 3. The zero-order valence-corrected chi connectivity index (χ0v) is 20.9. The lowest BCUT2D eigenvalue weighted by Gasteiger charge is -2.39. The number of aliphatic hydroxyl groups excluding tert-OH is 4. The molecule has 1 fully saturated rings. The lowest BCUT2D eigenvalue weighted by molar-refractivity contribution is -0.277. The van der Waals surface area contributed by atoms with E-state index in [4.69, 9.17) is 33.2 Å². The van der Waals surface area contributed by atoms with Crippen LogP contribution in [0.15, 0.2) is 30.3 Å². The standard InChI is InChI=1S/C27H26O12/c1-33-15-4-3-11(5-16(15)34-2)20-12-6-17-18(37-10-36-17)7-13(12)25(14-9-35-26(32)21(14)20)39-27-24(31)23(30)22(29)19(8-28)38-27/h3-7,19,22-24,27-31H,8-10H2,1-2H3. The van der Waals surface area contributed by atoms with Crippen molar-refractivity contribution in [3.63, 3.8) is 0 Å². The fraction of sp³-hybridized carbons (Fsp3) is 0.370. The molecule has 0 aliphatic carbocycles. The molecule has 0 radical (unpaired) electrons. The summed E-state index contributed by atoms with van der Waals surface area (Å²) in [4.78, 5) is 13.1. The third kappa shape index (κ3) is 3.99. The number of hydrogen-bond acceptors (Lipinski definition) is 12. The molecular weight excluding hydrogens is 516 g/mol. The highest BCUT2D eigenvalue weighted by molar-refractivity contribution is 6.14. The number of aliphatic hydroxyl groups is 4. The summed E-state index contributed by atoms with van der Waals surface area (Å²) in [6.45, 7) is -0.754. The van der Waals surface area contributed by atoms with Crippen LogP contribution in [0.5, 0.6) is 28.7 Å². The third-order valence-corrected chi connectivity index (χ3v) is 7.16. The van der Waals surface area contributed by atoms with Crippen molar-refractivity contribution in [2.75, 3.05) is 27.6 Å².